The number of methoxy groups -OCH3 is 3. The third-order valence-corrected chi connectivity index (χ3v) is 5.05. The zero-order chi connectivity index (χ0) is 26.8. The molecule has 0 unspecified atom stereocenters. The van der Waals surface area contributed by atoms with Gasteiger partial charge in [-0.05, 0) is 55.0 Å². The zero-order valence-electron chi connectivity index (χ0n) is 20.8. The summed E-state index contributed by atoms with van der Waals surface area (Å²) in [5.74, 6) is 0.663. The average molecular weight is 507 g/mol. The molecule has 2 aromatic carbocycles. The Morgan fingerprint density at radius 2 is 1.73 bits per heavy atom. The molecule has 10 nitrogen and oxygen atoms in total. The number of carbonyl (C=O) groups is 2. The van der Waals surface area contributed by atoms with E-state index in [1.54, 1.807) is 31.2 Å². The molecule has 0 aliphatic carbocycles. The molecule has 0 spiro atoms. The number of nitrogens with zero attached hydrogens (tertiary/aromatic N) is 1. The number of esters is 1. The molecular weight excluding hydrogens is 480 g/mol. The lowest BCUT2D eigenvalue weighted by Crippen LogP contribution is -2.23. The topological polar surface area (TPSA) is 129 Å². The maximum absolute atomic E-state index is 12.9. The summed E-state index contributed by atoms with van der Waals surface area (Å²) in [6.45, 7) is 2.21. The van der Waals surface area contributed by atoms with Crippen molar-refractivity contribution in [1.29, 1.82) is 5.26 Å². The van der Waals surface area contributed by atoms with Gasteiger partial charge in [0, 0.05) is 0 Å². The van der Waals surface area contributed by atoms with Crippen LogP contribution in [0.5, 0.6) is 28.7 Å². The van der Waals surface area contributed by atoms with Gasteiger partial charge in [0.05, 0.1) is 46.3 Å². The van der Waals surface area contributed by atoms with Crippen LogP contribution in [0.4, 0.5) is 0 Å². The summed E-state index contributed by atoms with van der Waals surface area (Å²) in [4.78, 5) is 25.4. The molecule has 37 heavy (non-hydrogen) atoms. The van der Waals surface area contributed by atoms with Gasteiger partial charge in [-0.2, -0.15) is 5.26 Å². The standard InChI is InChI=1S/C27H26N2O8/c1-5-35-22-12-17(11-19(15-28)26(30)29-16-20-7-6-10-36-20)8-9-21(22)37-27(31)18-13-23(32-2)25(34-4)24(14-18)33-3/h6-14H,5,16H2,1-4H3,(H,29,30)/b19-11+. The summed E-state index contributed by atoms with van der Waals surface area (Å²) in [6, 6.07) is 12.9. The van der Waals surface area contributed by atoms with E-state index in [9.17, 15) is 14.9 Å². The second-order valence-corrected chi connectivity index (χ2v) is 7.37. The average Bonchev–Trinajstić information content (AvgIpc) is 3.44. The third-order valence-electron chi connectivity index (χ3n) is 5.05. The molecule has 192 valence electrons. The first-order chi connectivity index (χ1) is 17.9. The van der Waals surface area contributed by atoms with Gasteiger partial charge in [0.25, 0.3) is 5.91 Å². The van der Waals surface area contributed by atoms with E-state index in [2.05, 4.69) is 5.32 Å². The molecule has 3 rings (SSSR count). The van der Waals surface area contributed by atoms with Gasteiger partial charge in [0.15, 0.2) is 23.0 Å². The van der Waals surface area contributed by atoms with Gasteiger partial charge in [-0.25, -0.2) is 4.79 Å². The number of nitriles is 1. The van der Waals surface area contributed by atoms with E-state index in [4.69, 9.17) is 28.1 Å². The molecule has 0 fully saturated rings. The molecule has 0 bridgehead atoms. The number of ether oxygens (including phenoxy) is 5. The number of hydrogen-bond donors (Lipinski definition) is 1. The molecule has 0 aliphatic heterocycles. The van der Waals surface area contributed by atoms with Crippen LogP contribution in [-0.4, -0.2) is 39.8 Å². The van der Waals surface area contributed by atoms with E-state index in [0.717, 1.165) is 0 Å². The van der Waals surface area contributed by atoms with Crippen LogP contribution in [0.1, 0.15) is 28.6 Å². The SMILES string of the molecule is CCOc1cc(/C=C(\C#N)C(=O)NCc2ccco2)ccc1OC(=O)c1cc(OC)c(OC)c(OC)c1. The van der Waals surface area contributed by atoms with Crippen LogP contribution in [0.3, 0.4) is 0 Å². The van der Waals surface area contributed by atoms with Gasteiger partial charge in [-0.1, -0.05) is 6.07 Å². The van der Waals surface area contributed by atoms with Crippen molar-refractivity contribution in [3.05, 3.63) is 71.2 Å². The Kier molecular flexibility index (Phi) is 9.16. The van der Waals surface area contributed by atoms with Crippen molar-refractivity contribution in [2.45, 2.75) is 13.5 Å². The van der Waals surface area contributed by atoms with Crippen LogP contribution in [-0.2, 0) is 11.3 Å². The molecule has 1 N–H and O–H groups in total. The van der Waals surface area contributed by atoms with E-state index in [1.807, 2.05) is 6.07 Å². The summed E-state index contributed by atoms with van der Waals surface area (Å²) in [5.41, 5.74) is 0.554. The normalized spacial score (nSPS) is 10.7. The number of amides is 1. The molecule has 0 saturated carbocycles. The summed E-state index contributed by atoms with van der Waals surface area (Å²) in [7, 11) is 4.35. The van der Waals surface area contributed by atoms with Crippen LogP contribution in [0.15, 0.2) is 58.7 Å². The predicted octanol–water partition coefficient (Wildman–Crippen LogP) is 4.15. The van der Waals surface area contributed by atoms with E-state index in [0.29, 0.717) is 28.6 Å². The highest BCUT2D eigenvalue weighted by molar-refractivity contribution is 6.01. The molecule has 1 amide bonds. The van der Waals surface area contributed by atoms with Crippen molar-refractivity contribution in [3.63, 3.8) is 0 Å². The Balaban J connectivity index is 1.83. The van der Waals surface area contributed by atoms with Crippen molar-refractivity contribution in [2.75, 3.05) is 27.9 Å². The minimum Gasteiger partial charge on any atom is -0.493 e. The van der Waals surface area contributed by atoms with Gasteiger partial charge in [-0.15, -0.1) is 0 Å². The Hall–Kier alpha value is -4.91. The number of hydrogen-bond acceptors (Lipinski definition) is 9. The lowest BCUT2D eigenvalue weighted by Gasteiger charge is -2.15. The Labute approximate surface area is 213 Å². The van der Waals surface area contributed by atoms with Crippen LogP contribution in [0.25, 0.3) is 6.08 Å². The molecule has 1 aromatic heterocycles. The largest absolute Gasteiger partial charge is 0.493 e. The summed E-state index contributed by atoms with van der Waals surface area (Å²) in [5, 5.41) is 12.1. The van der Waals surface area contributed by atoms with E-state index in [1.165, 1.54) is 51.9 Å². The highest BCUT2D eigenvalue weighted by Crippen LogP contribution is 2.39. The van der Waals surface area contributed by atoms with E-state index >= 15 is 0 Å². The quantitative estimate of drug-likeness (QED) is 0.176. The minimum atomic E-state index is -0.682. The van der Waals surface area contributed by atoms with Crippen LogP contribution < -0.4 is 29.0 Å². The minimum absolute atomic E-state index is 0.115. The van der Waals surface area contributed by atoms with Gasteiger partial charge in [0.1, 0.15) is 17.4 Å². The summed E-state index contributed by atoms with van der Waals surface area (Å²) >= 11 is 0. The smallest absolute Gasteiger partial charge is 0.343 e. The van der Waals surface area contributed by atoms with Gasteiger partial charge in [0.2, 0.25) is 5.75 Å². The van der Waals surface area contributed by atoms with Crippen LogP contribution in [0, 0.1) is 11.3 Å². The molecule has 1 heterocycles. The molecule has 3 aromatic rings. The maximum Gasteiger partial charge on any atom is 0.343 e. The monoisotopic (exact) mass is 506 g/mol. The molecule has 0 atom stereocenters. The van der Waals surface area contributed by atoms with Gasteiger partial charge < -0.3 is 33.4 Å². The van der Waals surface area contributed by atoms with Crippen molar-refractivity contribution in [2.24, 2.45) is 0 Å². The van der Waals surface area contributed by atoms with Crippen molar-refractivity contribution < 1.29 is 37.7 Å². The molecule has 0 aliphatic rings. The fourth-order valence-electron chi connectivity index (χ4n) is 3.32. The first-order valence-corrected chi connectivity index (χ1v) is 11.1. The van der Waals surface area contributed by atoms with E-state index in [-0.39, 0.29) is 35.8 Å². The number of rotatable bonds is 11. The highest BCUT2D eigenvalue weighted by atomic mass is 16.6. The second kappa shape index (κ2) is 12.7. The van der Waals surface area contributed by atoms with Crippen molar-refractivity contribution >= 4 is 18.0 Å². The number of nitrogens with one attached hydrogen (secondary N) is 1. The molecule has 0 saturated heterocycles. The van der Waals surface area contributed by atoms with Gasteiger partial charge in [-0.3, -0.25) is 4.79 Å². The molecule has 0 radical (unpaired) electrons. The fraction of sp³-hybridized carbons (Fsp3) is 0.222. The van der Waals surface area contributed by atoms with Crippen LogP contribution in [0.2, 0.25) is 0 Å². The summed E-state index contributed by atoms with van der Waals surface area (Å²) < 4.78 is 32.3. The predicted molar refractivity (Wildman–Crippen MR) is 133 cm³/mol. The lowest BCUT2D eigenvalue weighted by atomic mass is 10.1. The maximum atomic E-state index is 12.9. The van der Waals surface area contributed by atoms with E-state index < -0.39 is 11.9 Å². The first kappa shape index (κ1) is 26.7. The summed E-state index contributed by atoms with van der Waals surface area (Å²) in [6.07, 6.45) is 2.90. The Morgan fingerprint density at radius 3 is 2.30 bits per heavy atom. The number of benzene rings is 2. The van der Waals surface area contributed by atoms with Crippen molar-refractivity contribution in [3.8, 4) is 34.8 Å². The molecular formula is C27H26N2O8. The highest BCUT2D eigenvalue weighted by Gasteiger charge is 2.20. The van der Waals surface area contributed by atoms with Gasteiger partial charge >= 0.3 is 5.97 Å². The fourth-order valence-corrected chi connectivity index (χ4v) is 3.32. The Morgan fingerprint density at radius 1 is 1.00 bits per heavy atom. The number of carbonyl (C=O) groups excluding carboxylic acids is 2. The van der Waals surface area contributed by atoms with Crippen molar-refractivity contribution in [1.82, 2.24) is 5.32 Å². The third kappa shape index (κ3) is 6.61. The zero-order valence-corrected chi connectivity index (χ0v) is 20.8. The molecule has 10 heteroatoms. The number of furan rings is 1. The van der Waals surface area contributed by atoms with Crippen LogP contribution >= 0.6 is 0 Å². The first-order valence-electron chi connectivity index (χ1n) is 11.1. The Bertz CT molecular complexity index is 1300. The lowest BCUT2D eigenvalue weighted by molar-refractivity contribution is -0.117. The second-order valence-electron chi connectivity index (χ2n) is 7.37.